The fraction of sp³-hybridized carbons (Fsp3) is 0.423. The first-order valence-corrected chi connectivity index (χ1v) is 11.6. The summed E-state index contributed by atoms with van der Waals surface area (Å²) >= 11 is 0. The quantitative estimate of drug-likeness (QED) is 0.512. The topological polar surface area (TPSA) is 71.7 Å². The van der Waals surface area contributed by atoms with Crippen molar-refractivity contribution in [2.75, 3.05) is 38.3 Å². The van der Waals surface area contributed by atoms with Crippen LogP contribution in [0.25, 0.3) is 11.4 Å². The maximum atomic E-state index is 12.6. The molecular formula is C26H32N4O3. The largest absolute Gasteiger partial charge is 0.378 e. The number of amides is 1. The molecule has 1 amide bonds. The number of morpholine rings is 1. The van der Waals surface area contributed by atoms with Crippen molar-refractivity contribution in [2.24, 2.45) is 0 Å². The second kappa shape index (κ2) is 10.6. The third-order valence-electron chi connectivity index (χ3n) is 6.01. The van der Waals surface area contributed by atoms with Gasteiger partial charge in [-0.3, -0.25) is 4.79 Å². The van der Waals surface area contributed by atoms with Crippen LogP contribution in [0.15, 0.2) is 53.1 Å². The smallest absolute Gasteiger partial charge is 0.227 e. The highest BCUT2D eigenvalue weighted by molar-refractivity contribution is 5.76. The third-order valence-corrected chi connectivity index (χ3v) is 6.01. The Kier molecular flexibility index (Phi) is 7.40. The Labute approximate surface area is 195 Å². The minimum atomic E-state index is 0.0493. The molecule has 1 fully saturated rings. The highest BCUT2D eigenvalue weighted by Crippen LogP contribution is 2.21. The van der Waals surface area contributed by atoms with E-state index in [1.807, 2.05) is 19.2 Å². The first-order valence-electron chi connectivity index (χ1n) is 11.6. The van der Waals surface area contributed by atoms with Crippen LogP contribution >= 0.6 is 0 Å². The van der Waals surface area contributed by atoms with Crippen LogP contribution in [-0.2, 0) is 22.5 Å². The molecule has 7 nitrogen and oxygen atoms in total. The molecule has 0 aliphatic carbocycles. The van der Waals surface area contributed by atoms with E-state index in [0.717, 1.165) is 37.4 Å². The molecule has 1 saturated heterocycles. The second-order valence-corrected chi connectivity index (χ2v) is 8.80. The van der Waals surface area contributed by atoms with Crippen molar-refractivity contribution in [3.05, 3.63) is 65.5 Å². The summed E-state index contributed by atoms with van der Waals surface area (Å²) in [6.45, 7) is 8.26. The van der Waals surface area contributed by atoms with Crippen molar-refractivity contribution in [3.8, 4) is 11.4 Å². The predicted octanol–water partition coefficient (Wildman–Crippen LogP) is 4.29. The number of carbonyl (C=O) groups excluding carboxylic acids is 1. The number of rotatable bonds is 8. The molecule has 0 radical (unpaired) electrons. The molecule has 7 heteroatoms. The van der Waals surface area contributed by atoms with Crippen LogP contribution < -0.4 is 4.90 Å². The zero-order valence-corrected chi connectivity index (χ0v) is 19.7. The molecule has 174 valence electrons. The lowest BCUT2D eigenvalue weighted by Gasteiger charge is -2.29. The van der Waals surface area contributed by atoms with Crippen LogP contribution in [-0.4, -0.2) is 54.3 Å². The van der Waals surface area contributed by atoms with Crippen LogP contribution in [0, 0.1) is 0 Å². The van der Waals surface area contributed by atoms with Crippen molar-refractivity contribution >= 4 is 11.6 Å². The molecule has 2 aromatic carbocycles. The number of nitrogens with zero attached hydrogens (tertiary/aromatic N) is 4. The SMILES string of the molecule is CC(C)c1ccc(-c2noc(CCC(=O)N(C)Cc3ccc(N4CCOCC4)cc3)n2)cc1. The summed E-state index contributed by atoms with van der Waals surface area (Å²) in [4.78, 5) is 21.1. The lowest BCUT2D eigenvalue weighted by atomic mass is 10.0. The number of carbonyl (C=O) groups is 1. The highest BCUT2D eigenvalue weighted by atomic mass is 16.5. The number of benzene rings is 2. The number of ether oxygens (including phenoxy) is 1. The van der Waals surface area contributed by atoms with Gasteiger partial charge in [-0.25, -0.2) is 0 Å². The van der Waals surface area contributed by atoms with Crippen molar-refractivity contribution in [1.29, 1.82) is 0 Å². The molecule has 0 atom stereocenters. The number of anilines is 1. The van der Waals surface area contributed by atoms with Crippen LogP contribution in [0.5, 0.6) is 0 Å². The van der Waals surface area contributed by atoms with Gasteiger partial charge in [0.15, 0.2) is 0 Å². The van der Waals surface area contributed by atoms with Crippen LogP contribution in [0.2, 0.25) is 0 Å². The fourth-order valence-corrected chi connectivity index (χ4v) is 3.89. The predicted molar refractivity (Wildman–Crippen MR) is 128 cm³/mol. The molecular weight excluding hydrogens is 416 g/mol. The summed E-state index contributed by atoms with van der Waals surface area (Å²) in [5.74, 6) is 1.56. The fourth-order valence-electron chi connectivity index (χ4n) is 3.89. The Morgan fingerprint density at radius 1 is 1.06 bits per heavy atom. The lowest BCUT2D eigenvalue weighted by Crippen LogP contribution is -2.36. The minimum absolute atomic E-state index is 0.0493. The van der Waals surface area contributed by atoms with Gasteiger partial charge in [-0.05, 0) is 29.2 Å². The first-order chi connectivity index (χ1) is 16.0. The Hall–Kier alpha value is -3.19. The van der Waals surface area contributed by atoms with E-state index in [-0.39, 0.29) is 5.91 Å². The third kappa shape index (κ3) is 5.99. The van der Waals surface area contributed by atoms with E-state index >= 15 is 0 Å². The summed E-state index contributed by atoms with van der Waals surface area (Å²) in [7, 11) is 1.83. The van der Waals surface area contributed by atoms with Gasteiger partial charge in [0.25, 0.3) is 0 Å². The molecule has 0 bridgehead atoms. The van der Waals surface area contributed by atoms with Crippen molar-refractivity contribution in [1.82, 2.24) is 15.0 Å². The van der Waals surface area contributed by atoms with Gasteiger partial charge >= 0.3 is 0 Å². The molecule has 1 aliphatic rings. The van der Waals surface area contributed by atoms with Gasteiger partial charge in [0, 0.05) is 50.8 Å². The zero-order chi connectivity index (χ0) is 23.2. The second-order valence-electron chi connectivity index (χ2n) is 8.80. The molecule has 1 aromatic heterocycles. The Bertz CT molecular complexity index is 1040. The Morgan fingerprint density at radius 3 is 2.42 bits per heavy atom. The zero-order valence-electron chi connectivity index (χ0n) is 19.7. The van der Waals surface area contributed by atoms with Crippen LogP contribution in [0.1, 0.15) is 43.2 Å². The molecule has 2 heterocycles. The Balaban J connectivity index is 1.27. The molecule has 4 rings (SSSR count). The van der Waals surface area contributed by atoms with E-state index < -0.39 is 0 Å². The summed E-state index contributed by atoms with van der Waals surface area (Å²) in [6, 6.07) is 16.6. The van der Waals surface area contributed by atoms with Crippen molar-refractivity contribution in [2.45, 2.75) is 39.2 Å². The van der Waals surface area contributed by atoms with Gasteiger partial charge in [-0.2, -0.15) is 4.98 Å². The molecule has 0 unspecified atom stereocenters. The van der Waals surface area contributed by atoms with Gasteiger partial charge in [0.2, 0.25) is 17.6 Å². The maximum Gasteiger partial charge on any atom is 0.227 e. The standard InChI is InChI=1S/C26H32N4O3/c1-19(2)21-6-8-22(9-7-21)26-27-24(33-28-26)12-13-25(31)29(3)18-20-4-10-23(11-5-20)30-14-16-32-17-15-30/h4-11,19H,12-18H2,1-3H3. The lowest BCUT2D eigenvalue weighted by molar-refractivity contribution is -0.130. The van der Waals surface area contributed by atoms with Gasteiger partial charge in [0.1, 0.15) is 0 Å². The summed E-state index contributed by atoms with van der Waals surface area (Å²) in [5.41, 5.74) is 4.49. The monoisotopic (exact) mass is 448 g/mol. The van der Waals surface area contributed by atoms with E-state index in [1.165, 1.54) is 11.3 Å². The van der Waals surface area contributed by atoms with Gasteiger partial charge in [0.05, 0.1) is 13.2 Å². The number of hydrogen-bond acceptors (Lipinski definition) is 6. The van der Waals surface area contributed by atoms with E-state index in [2.05, 4.69) is 65.3 Å². The van der Waals surface area contributed by atoms with Crippen LogP contribution in [0.3, 0.4) is 0 Å². The van der Waals surface area contributed by atoms with Gasteiger partial charge in [-0.15, -0.1) is 0 Å². The minimum Gasteiger partial charge on any atom is -0.378 e. The van der Waals surface area contributed by atoms with Crippen molar-refractivity contribution < 1.29 is 14.1 Å². The molecule has 0 saturated carbocycles. The van der Waals surface area contributed by atoms with E-state index in [9.17, 15) is 4.79 Å². The molecule has 0 N–H and O–H groups in total. The Morgan fingerprint density at radius 2 is 1.76 bits per heavy atom. The number of aromatic nitrogens is 2. The first kappa shape index (κ1) is 23.0. The van der Waals surface area contributed by atoms with E-state index in [0.29, 0.717) is 37.0 Å². The van der Waals surface area contributed by atoms with E-state index in [4.69, 9.17) is 9.26 Å². The van der Waals surface area contributed by atoms with Crippen LogP contribution in [0.4, 0.5) is 5.69 Å². The summed E-state index contributed by atoms with van der Waals surface area (Å²) in [5, 5.41) is 4.08. The molecule has 0 spiro atoms. The maximum absolute atomic E-state index is 12.6. The average molecular weight is 449 g/mol. The number of hydrogen-bond donors (Lipinski definition) is 0. The van der Waals surface area contributed by atoms with Gasteiger partial charge < -0.3 is 19.1 Å². The summed E-state index contributed by atoms with van der Waals surface area (Å²) in [6.07, 6.45) is 0.756. The highest BCUT2D eigenvalue weighted by Gasteiger charge is 2.15. The normalized spacial score (nSPS) is 14.0. The number of aryl methyl sites for hydroxylation is 1. The average Bonchev–Trinajstić information content (AvgIpc) is 3.32. The summed E-state index contributed by atoms with van der Waals surface area (Å²) < 4.78 is 10.8. The van der Waals surface area contributed by atoms with Crippen molar-refractivity contribution in [3.63, 3.8) is 0 Å². The molecule has 1 aliphatic heterocycles. The molecule has 3 aromatic rings. The molecule has 33 heavy (non-hydrogen) atoms. The van der Waals surface area contributed by atoms with E-state index in [1.54, 1.807) is 4.90 Å². The van der Waals surface area contributed by atoms with Gasteiger partial charge in [-0.1, -0.05) is 55.4 Å².